The maximum atomic E-state index is 12.7. The van der Waals surface area contributed by atoms with Gasteiger partial charge in [0.1, 0.15) is 5.92 Å². The first-order valence-electron chi connectivity index (χ1n) is 5.51. The van der Waals surface area contributed by atoms with Gasteiger partial charge in [-0.2, -0.15) is 13.2 Å². The van der Waals surface area contributed by atoms with Crippen LogP contribution < -0.4 is 11.1 Å². The Kier molecular flexibility index (Phi) is 7.15. The van der Waals surface area contributed by atoms with E-state index in [1.165, 1.54) is 11.9 Å². The number of carbonyl (C=O) groups is 1. The number of nitrogens with two attached hydrogens (primary N) is 1. The molecule has 0 rings (SSSR count). The minimum absolute atomic E-state index is 0.0977. The van der Waals surface area contributed by atoms with Crippen molar-refractivity contribution in [2.75, 3.05) is 26.7 Å². The molecule has 0 aromatic carbocycles. The molecule has 0 saturated heterocycles. The van der Waals surface area contributed by atoms with Crippen LogP contribution in [0.2, 0.25) is 0 Å². The van der Waals surface area contributed by atoms with Crippen LogP contribution in [0.3, 0.4) is 0 Å². The molecule has 0 aliphatic carbocycles. The van der Waals surface area contributed by atoms with Crippen LogP contribution in [0.25, 0.3) is 0 Å². The zero-order valence-electron chi connectivity index (χ0n) is 10.4. The lowest BCUT2D eigenvalue weighted by Gasteiger charge is -2.27. The second-order valence-corrected chi connectivity index (χ2v) is 4.38. The second kappa shape index (κ2) is 7.52. The monoisotopic (exact) mass is 285 g/mol. The van der Waals surface area contributed by atoms with Crippen LogP contribution in [0, 0.1) is 5.92 Å². The van der Waals surface area contributed by atoms with Gasteiger partial charge in [0.15, 0.2) is 0 Å². The van der Waals surface area contributed by atoms with Crippen LogP contribution in [0.1, 0.15) is 13.3 Å². The number of rotatable bonds is 7. The summed E-state index contributed by atoms with van der Waals surface area (Å²) >= 11 is 4.44. The smallest absolute Gasteiger partial charge is 0.393 e. The van der Waals surface area contributed by atoms with Crippen molar-refractivity contribution in [2.45, 2.75) is 19.5 Å². The van der Waals surface area contributed by atoms with Gasteiger partial charge in [-0.25, -0.2) is 0 Å². The number of nitrogens with one attached hydrogen (secondary N) is 1. The molecule has 1 atom stereocenters. The zero-order chi connectivity index (χ0) is 14.3. The molecular weight excluding hydrogens is 267 g/mol. The van der Waals surface area contributed by atoms with E-state index in [4.69, 9.17) is 5.73 Å². The largest absolute Gasteiger partial charge is 0.399 e. The summed E-state index contributed by atoms with van der Waals surface area (Å²) in [6.45, 7) is 1.71. The normalized spacial score (nSPS) is 13.4. The topological polar surface area (TPSA) is 58.4 Å². The maximum absolute atomic E-state index is 12.7. The highest BCUT2D eigenvalue weighted by atomic mass is 32.1. The summed E-state index contributed by atoms with van der Waals surface area (Å²) in [4.78, 5) is 12.0. The summed E-state index contributed by atoms with van der Waals surface area (Å²) < 4.78 is 38.1. The number of halogens is 3. The highest BCUT2D eigenvalue weighted by Crippen LogP contribution is 2.27. The fourth-order valence-corrected chi connectivity index (χ4v) is 1.65. The molecule has 0 fully saturated rings. The molecule has 106 valence electrons. The third-order valence-electron chi connectivity index (χ3n) is 2.37. The molecular formula is C10H18F3N3OS. The van der Waals surface area contributed by atoms with Crippen molar-refractivity contribution < 1.29 is 18.0 Å². The fraction of sp³-hybridized carbons (Fsp3) is 0.800. The van der Waals surface area contributed by atoms with Crippen molar-refractivity contribution in [1.29, 1.82) is 0 Å². The molecule has 0 aliphatic heterocycles. The first kappa shape index (κ1) is 17.1. The van der Waals surface area contributed by atoms with E-state index in [0.717, 1.165) is 0 Å². The van der Waals surface area contributed by atoms with Crippen molar-refractivity contribution in [3.63, 3.8) is 0 Å². The third kappa shape index (κ3) is 6.15. The van der Waals surface area contributed by atoms with E-state index in [0.29, 0.717) is 13.0 Å². The molecule has 4 nitrogen and oxygen atoms in total. The Morgan fingerprint density at radius 1 is 1.50 bits per heavy atom. The van der Waals surface area contributed by atoms with Crippen LogP contribution in [0.5, 0.6) is 0 Å². The van der Waals surface area contributed by atoms with E-state index >= 15 is 0 Å². The standard InChI is InChI=1S/C10H18F3N3OS/c1-3-4-16(6-8(17)15-2)5-7(9(14)18)10(11,12)13/h7H,3-6H2,1-2H3,(H2,14,18)(H,15,17). The summed E-state index contributed by atoms with van der Waals surface area (Å²) in [5.41, 5.74) is 5.11. The minimum Gasteiger partial charge on any atom is -0.393 e. The Hall–Kier alpha value is -0.890. The van der Waals surface area contributed by atoms with Gasteiger partial charge < -0.3 is 11.1 Å². The van der Waals surface area contributed by atoms with Gasteiger partial charge in [0.2, 0.25) is 5.91 Å². The van der Waals surface area contributed by atoms with E-state index < -0.39 is 17.1 Å². The molecule has 0 aromatic heterocycles. The molecule has 0 saturated carbocycles. The van der Waals surface area contributed by atoms with Crippen LogP contribution in [0.15, 0.2) is 0 Å². The third-order valence-corrected chi connectivity index (χ3v) is 2.65. The SMILES string of the molecule is CCCN(CC(=O)NC)CC(C(N)=S)C(F)(F)F. The zero-order valence-corrected chi connectivity index (χ0v) is 11.2. The summed E-state index contributed by atoms with van der Waals surface area (Å²) in [5.74, 6) is -2.23. The molecule has 0 bridgehead atoms. The highest BCUT2D eigenvalue weighted by Gasteiger charge is 2.42. The van der Waals surface area contributed by atoms with Crippen molar-refractivity contribution in [2.24, 2.45) is 11.7 Å². The molecule has 3 N–H and O–H groups in total. The lowest BCUT2D eigenvalue weighted by atomic mass is 10.1. The summed E-state index contributed by atoms with van der Waals surface area (Å²) in [6, 6.07) is 0. The van der Waals surface area contributed by atoms with Crippen molar-refractivity contribution >= 4 is 23.1 Å². The van der Waals surface area contributed by atoms with Crippen LogP contribution >= 0.6 is 12.2 Å². The Bertz CT molecular complexity index is 297. The number of alkyl halides is 3. The van der Waals surface area contributed by atoms with Crippen LogP contribution in [-0.2, 0) is 4.79 Å². The quantitative estimate of drug-likeness (QED) is 0.683. The van der Waals surface area contributed by atoms with Crippen molar-refractivity contribution in [1.82, 2.24) is 10.2 Å². The molecule has 0 heterocycles. The molecule has 1 amide bonds. The minimum atomic E-state index is -4.49. The maximum Gasteiger partial charge on any atom is 0.399 e. The van der Waals surface area contributed by atoms with Gasteiger partial charge in [0.25, 0.3) is 0 Å². The van der Waals surface area contributed by atoms with Gasteiger partial charge in [-0.05, 0) is 13.0 Å². The highest BCUT2D eigenvalue weighted by molar-refractivity contribution is 7.80. The van der Waals surface area contributed by atoms with Gasteiger partial charge in [-0.3, -0.25) is 9.69 Å². The molecule has 0 aliphatic rings. The molecule has 0 spiro atoms. The van der Waals surface area contributed by atoms with Gasteiger partial charge >= 0.3 is 6.18 Å². The number of nitrogens with zero attached hydrogens (tertiary/aromatic N) is 1. The summed E-state index contributed by atoms with van der Waals surface area (Å²) in [6.07, 6.45) is -3.85. The molecule has 0 aromatic rings. The van der Waals surface area contributed by atoms with Crippen molar-refractivity contribution in [3.8, 4) is 0 Å². The molecule has 0 radical (unpaired) electrons. The molecule has 8 heteroatoms. The fourth-order valence-electron chi connectivity index (χ4n) is 1.45. The number of amides is 1. The number of hydrogen-bond donors (Lipinski definition) is 2. The lowest BCUT2D eigenvalue weighted by molar-refractivity contribution is -0.160. The number of thiocarbonyl (C=S) groups is 1. The van der Waals surface area contributed by atoms with Gasteiger partial charge in [0.05, 0.1) is 11.5 Å². The predicted octanol–water partition coefficient (Wildman–Crippen LogP) is 0.909. The van der Waals surface area contributed by atoms with E-state index in [-0.39, 0.29) is 19.0 Å². The summed E-state index contributed by atoms with van der Waals surface area (Å²) in [7, 11) is 1.43. The Morgan fingerprint density at radius 3 is 2.39 bits per heavy atom. The number of hydrogen-bond acceptors (Lipinski definition) is 3. The van der Waals surface area contributed by atoms with Gasteiger partial charge in [0, 0.05) is 13.6 Å². The van der Waals surface area contributed by atoms with Crippen LogP contribution in [-0.4, -0.2) is 48.7 Å². The first-order valence-corrected chi connectivity index (χ1v) is 5.92. The summed E-state index contributed by atoms with van der Waals surface area (Å²) in [5, 5.41) is 2.37. The average Bonchev–Trinajstić information content (AvgIpc) is 2.23. The van der Waals surface area contributed by atoms with Gasteiger partial charge in [-0.1, -0.05) is 19.1 Å². The van der Waals surface area contributed by atoms with Crippen molar-refractivity contribution in [3.05, 3.63) is 0 Å². The average molecular weight is 285 g/mol. The number of likely N-dealkylation sites (N-methyl/N-ethyl adjacent to an activating group) is 1. The van der Waals surface area contributed by atoms with E-state index in [2.05, 4.69) is 17.5 Å². The van der Waals surface area contributed by atoms with E-state index in [1.54, 1.807) is 0 Å². The predicted molar refractivity (Wildman–Crippen MR) is 67.1 cm³/mol. The Labute approximate surface area is 110 Å². The first-order chi connectivity index (χ1) is 8.22. The Morgan fingerprint density at radius 2 is 2.06 bits per heavy atom. The van der Waals surface area contributed by atoms with E-state index in [9.17, 15) is 18.0 Å². The molecule has 18 heavy (non-hydrogen) atoms. The van der Waals surface area contributed by atoms with Gasteiger partial charge in [-0.15, -0.1) is 0 Å². The lowest BCUT2D eigenvalue weighted by Crippen LogP contribution is -2.46. The molecule has 1 unspecified atom stereocenters. The Balaban J connectivity index is 4.71. The second-order valence-electron chi connectivity index (χ2n) is 3.90. The number of carbonyl (C=O) groups excluding carboxylic acids is 1. The van der Waals surface area contributed by atoms with Crippen LogP contribution in [0.4, 0.5) is 13.2 Å². The van der Waals surface area contributed by atoms with E-state index in [1.807, 2.05) is 6.92 Å².